The molecule has 0 aromatic carbocycles. The summed E-state index contributed by atoms with van der Waals surface area (Å²) >= 11 is 0. The van der Waals surface area contributed by atoms with E-state index in [2.05, 4.69) is 0 Å². The van der Waals surface area contributed by atoms with E-state index in [0.717, 1.165) is 0 Å². The van der Waals surface area contributed by atoms with Crippen molar-refractivity contribution in [2.24, 2.45) is 5.84 Å². The van der Waals surface area contributed by atoms with Crippen molar-refractivity contribution < 1.29 is 14.6 Å². The maximum absolute atomic E-state index is 5.73. The summed E-state index contributed by atoms with van der Waals surface area (Å²) in [4.78, 5) is 10.1. The maximum atomic E-state index is 5.73. The summed E-state index contributed by atoms with van der Waals surface area (Å²) in [7, 11) is 1.53. The second kappa shape index (κ2) is 4.01. The molecule has 4 nitrogen and oxygen atoms in total. The van der Waals surface area contributed by atoms with Gasteiger partial charge in [0.05, 0.1) is 0 Å². The first-order chi connectivity index (χ1) is 4.92. The van der Waals surface area contributed by atoms with Gasteiger partial charge in [-0.3, -0.25) is 0 Å². The molecule has 0 radical (unpaired) electrons. The van der Waals surface area contributed by atoms with Crippen LogP contribution in [0.15, 0.2) is 0 Å². The molecule has 0 saturated heterocycles. The normalized spacial score (nSPS) is 17.5. The predicted molar refractivity (Wildman–Crippen MR) is 42.8 cm³/mol. The molecule has 2 N–H and O–H groups in total. The zero-order valence-corrected chi connectivity index (χ0v) is 8.00. The number of hydroxylamine groups is 2. The number of hydrogen-bond acceptors (Lipinski definition) is 3. The molecular formula is C7H19N2O2+. The first kappa shape index (κ1) is 10.8. The summed E-state index contributed by atoms with van der Waals surface area (Å²) in [5.74, 6) is 5.73. The van der Waals surface area contributed by atoms with Gasteiger partial charge in [0.1, 0.15) is 13.2 Å². The summed E-state index contributed by atoms with van der Waals surface area (Å²) in [5.41, 5.74) is 0. The molecule has 0 aliphatic carbocycles. The average molecular weight is 163 g/mol. The molecule has 0 bridgehead atoms. The van der Waals surface area contributed by atoms with Crippen LogP contribution < -0.4 is 5.84 Å². The van der Waals surface area contributed by atoms with E-state index < -0.39 is 0 Å². The minimum atomic E-state index is -0.294. The third-order valence-electron chi connectivity index (χ3n) is 1.38. The monoisotopic (exact) mass is 163 g/mol. The van der Waals surface area contributed by atoms with Gasteiger partial charge >= 0.3 is 0 Å². The molecule has 1 atom stereocenters. The molecule has 11 heavy (non-hydrogen) atoms. The van der Waals surface area contributed by atoms with Gasteiger partial charge in [0.25, 0.3) is 0 Å². The minimum Gasteiger partial charge on any atom is -0.150 e. The third kappa shape index (κ3) is 3.16. The van der Waals surface area contributed by atoms with E-state index in [0.29, 0.717) is 0 Å². The summed E-state index contributed by atoms with van der Waals surface area (Å²) in [5, 5.41) is 0. The summed E-state index contributed by atoms with van der Waals surface area (Å²) < 4.78 is 0. The molecule has 1 unspecified atom stereocenters. The molecule has 68 valence electrons. The zero-order chi connectivity index (χ0) is 9.07. The summed E-state index contributed by atoms with van der Waals surface area (Å²) in [6, 6.07) is 0.0856. The largest absolute Gasteiger partial charge is 0.167 e. The van der Waals surface area contributed by atoms with Crippen molar-refractivity contribution in [3.8, 4) is 0 Å². The molecule has 0 spiro atoms. The Hall–Kier alpha value is -0.160. The van der Waals surface area contributed by atoms with E-state index in [1.54, 1.807) is 0 Å². The van der Waals surface area contributed by atoms with Crippen molar-refractivity contribution in [3.63, 3.8) is 0 Å². The highest BCUT2D eigenvalue weighted by molar-refractivity contribution is 4.31. The van der Waals surface area contributed by atoms with Gasteiger partial charge in [-0.15, -0.1) is 15.5 Å². The van der Waals surface area contributed by atoms with Crippen LogP contribution in [0.1, 0.15) is 27.7 Å². The lowest BCUT2D eigenvalue weighted by Crippen LogP contribution is -2.58. The number of rotatable bonds is 4. The maximum Gasteiger partial charge on any atom is 0.167 e. The lowest BCUT2D eigenvalue weighted by Gasteiger charge is -2.30. The van der Waals surface area contributed by atoms with Crippen LogP contribution in [-0.2, 0) is 9.68 Å². The van der Waals surface area contributed by atoms with Gasteiger partial charge in [0, 0.05) is 4.92 Å². The van der Waals surface area contributed by atoms with Crippen molar-refractivity contribution in [3.05, 3.63) is 0 Å². The summed E-state index contributed by atoms with van der Waals surface area (Å²) in [6.07, 6.45) is 0.0577. The topological polar surface area (TPSA) is 44.5 Å². The van der Waals surface area contributed by atoms with E-state index in [1.165, 1.54) is 7.11 Å². The van der Waals surface area contributed by atoms with Crippen LogP contribution in [-0.4, -0.2) is 24.2 Å². The molecule has 0 aliphatic rings. The van der Waals surface area contributed by atoms with Gasteiger partial charge < -0.3 is 0 Å². The Morgan fingerprint density at radius 2 is 1.64 bits per heavy atom. The van der Waals surface area contributed by atoms with Gasteiger partial charge in [-0.2, -0.15) is 0 Å². The van der Waals surface area contributed by atoms with Crippen LogP contribution in [0.4, 0.5) is 0 Å². The van der Waals surface area contributed by atoms with Gasteiger partial charge in [-0.1, -0.05) is 0 Å². The zero-order valence-electron chi connectivity index (χ0n) is 8.00. The van der Waals surface area contributed by atoms with Crippen molar-refractivity contribution in [2.75, 3.05) is 7.11 Å². The van der Waals surface area contributed by atoms with E-state index in [4.69, 9.17) is 15.5 Å². The predicted octanol–water partition coefficient (Wildman–Crippen LogP) is 0.987. The molecule has 0 saturated carbocycles. The molecule has 0 aromatic heterocycles. The number of hydrogen-bond donors (Lipinski definition) is 1. The average Bonchev–Trinajstić information content (AvgIpc) is 1.86. The fourth-order valence-corrected chi connectivity index (χ4v) is 0.705. The Labute approximate surface area is 68.3 Å². The van der Waals surface area contributed by atoms with Crippen molar-refractivity contribution in [1.29, 1.82) is 0 Å². The van der Waals surface area contributed by atoms with E-state index in [9.17, 15) is 0 Å². The smallest absolute Gasteiger partial charge is 0.150 e. The van der Waals surface area contributed by atoms with Crippen LogP contribution in [0.5, 0.6) is 0 Å². The lowest BCUT2D eigenvalue weighted by molar-refractivity contribution is -1.27. The molecule has 0 amide bonds. The lowest BCUT2D eigenvalue weighted by atomic mass is 10.4. The standard InChI is InChI=1S/C7H19N2O2/c1-6(2)9(8,10-5)11-7(3)4/h6-7H,8H2,1-5H3/q+1. The van der Waals surface area contributed by atoms with Crippen molar-refractivity contribution >= 4 is 0 Å². The Balaban J connectivity index is 4.10. The SMILES string of the molecule is CO[N+](N)(OC(C)C)C(C)C. The molecule has 0 rings (SSSR count). The van der Waals surface area contributed by atoms with Crippen LogP contribution in [0.25, 0.3) is 0 Å². The second-order valence-electron chi connectivity index (χ2n) is 3.08. The Bertz CT molecular complexity index is 117. The number of nitrogens with zero attached hydrogens (tertiary/aromatic N) is 1. The highest BCUT2D eigenvalue weighted by Crippen LogP contribution is 2.09. The Morgan fingerprint density at radius 1 is 1.18 bits per heavy atom. The fourth-order valence-electron chi connectivity index (χ4n) is 0.705. The first-order valence-electron chi connectivity index (χ1n) is 3.83. The van der Waals surface area contributed by atoms with Crippen LogP contribution >= 0.6 is 0 Å². The molecule has 0 fully saturated rings. The van der Waals surface area contributed by atoms with E-state index in [1.807, 2.05) is 27.7 Å². The Morgan fingerprint density at radius 3 is 1.73 bits per heavy atom. The van der Waals surface area contributed by atoms with Crippen LogP contribution in [0.3, 0.4) is 0 Å². The molecule has 4 heteroatoms. The summed E-state index contributed by atoms with van der Waals surface area (Å²) in [6.45, 7) is 7.71. The van der Waals surface area contributed by atoms with E-state index >= 15 is 0 Å². The van der Waals surface area contributed by atoms with Gasteiger partial charge in [-0.25, -0.2) is 0 Å². The quantitative estimate of drug-likeness (QED) is 0.382. The highest BCUT2D eigenvalue weighted by Gasteiger charge is 2.32. The van der Waals surface area contributed by atoms with Crippen LogP contribution in [0, 0.1) is 0 Å². The third-order valence-corrected chi connectivity index (χ3v) is 1.38. The highest BCUT2D eigenvalue weighted by atomic mass is 17.0. The number of quaternary nitrogens is 1. The first-order valence-corrected chi connectivity index (χ1v) is 3.83. The van der Waals surface area contributed by atoms with Crippen molar-refractivity contribution in [1.82, 2.24) is 0 Å². The van der Waals surface area contributed by atoms with Crippen LogP contribution in [0.2, 0.25) is 0 Å². The number of nitrogens with two attached hydrogens (primary N) is 1. The van der Waals surface area contributed by atoms with Gasteiger partial charge in [0.15, 0.2) is 6.04 Å². The minimum absolute atomic E-state index is 0.0577. The molecular weight excluding hydrogens is 144 g/mol. The van der Waals surface area contributed by atoms with Crippen molar-refractivity contribution in [2.45, 2.75) is 39.8 Å². The van der Waals surface area contributed by atoms with Gasteiger partial charge in [-0.05, 0) is 27.7 Å². The molecule has 0 heterocycles. The van der Waals surface area contributed by atoms with E-state index in [-0.39, 0.29) is 17.1 Å². The molecule has 0 aliphatic heterocycles. The molecule has 0 aromatic rings. The second-order valence-corrected chi connectivity index (χ2v) is 3.08. The van der Waals surface area contributed by atoms with Gasteiger partial charge in [0.2, 0.25) is 0 Å². The fraction of sp³-hybridized carbons (Fsp3) is 1.00. The Kier molecular flexibility index (Phi) is 3.96.